The summed E-state index contributed by atoms with van der Waals surface area (Å²) in [5, 5.41) is 3.92. The van der Waals surface area contributed by atoms with Gasteiger partial charge in [0.25, 0.3) is 5.91 Å². The normalized spacial score (nSPS) is 12.6. The molecule has 0 saturated heterocycles. The Bertz CT molecular complexity index is 1230. The van der Waals surface area contributed by atoms with E-state index in [-0.39, 0.29) is 16.9 Å². The van der Waals surface area contributed by atoms with E-state index in [1.54, 1.807) is 29.2 Å². The fourth-order valence-electron chi connectivity index (χ4n) is 3.82. The molecule has 0 radical (unpaired) electrons. The number of allylic oxidation sites excluding steroid dienone is 2. The number of aromatic nitrogens is 3. The average molecular weight is 489 g/mol. The first kappa shape index (κ1) is 26.2. The van der Waals surface area contributed by atoms with E-state index in [2.05, 4.69) is 17.0 Å². The fourth-order valence-corrected chi connectivity index (χ4v) is 3.82. The first-order valence-corrected chi connectivity index (χ1v) is 11.7. The van der Waals surface area contributed by atoms with Crippen LogP contribution in [0.4, 0.5) is 13.2 Å². The summed E-state index contributed by atoms with van der Waals surface area (Å²) in [4.78, 5) is 19.8. The predicted octanol–water partition coefficient (Wildman–Crippen LogP) is 6.76. The van der Waals surface area contributed by atoms with Crippen LogP contribution in [0.15, 0.2) is 47.8 Å². The van der Waals surface area contributed by atoms with Gasteiger partial charge in [-0.05, 0) is 44.9 Å². The van der Waals surface area contributed by atoms with Crippen LogP contribution in [0.25, 0.3) is 16.9 Å². The summed E-state index contributed by atoms with van der Waals surface area (Å²) in [6, 6.07) is 7.56. The van der Waals surface area contributed by atoms with Crippen molar-refractivity contribution in [2.45, 2.75) is 59.6 Å². The Morgan fingerprint density at radius 2 is 1.89 bits per heavy atom. The molecule has 2 aromatic heterocycles. The van der Waals surface area contributed by atoms with Crippen molar-refractivity contribution in [2.24, 2.45) is 0 Å². The van der Waals surface area contributed by atoms with Crippen LogP contribution in [0.1, 0.15) is 69.4 Å². The number of carbonyl (C=O) groups is 1. The van der Waals surface area contributed by atoms with Crippen LogP contribution in [-0.4, -0.2) is 39.1 Å². The molecule has 35 heavy (non-hydrogen) atoms. The number of methoxy groups -OCH3 is 1. The molecule has 188 valence electrons. The summed E-state index contributed by atoms with van der Waals surface area (Å²) < 4.78 is 47.9. The highest BCUT2D eigenvalue weighted by Gasteiger charge is 2.36. The number of rotatable bonds is 9. The van der Waals surface area contributed by atoms with Crippen molar-refractivity contribution in [1.82, 2.24) is 19.5 Å². The van der Waals surface area contributed by atoms with Crippen molar-refractivity contribution in [3.8, 4) is 17.0 Å². The van der Waals surface area contributed by atoms with E-state index in [1.165, 1.54) is 13.3 Å². The lowest BCUT2D eigenvalue weighted by molar-refractivity contribution is -0.142. The van der Waals surface area contributed by atoms with Crippen molar-refractivity contribution >= 4 is 11.6 Å². The van der Waals surface area contributed by atoms with E-state index in [4.69, 9.17) is 4.74 Å². The van der Waals surface area contributed by atoms with Gasteiger partial charge in [-0.25, -0.2) is 9.50 Å². The Hall–Kier alpha value is -3.36. The number of ether oxygens (including phenoxy) is 1. The van der Waals surface area contributed by atoms with Crippen LogP contribution in [0.3, 0.4) is 0 Å². The van der Waals surface area contributed by atoms with E-state index in [9.17, 15) is 18.0 Å². The minimum Gasteiger partial charge on any atom is -0.497 e. The van der Waals surface area contributed by atoms with E-state index < -0.39 is 17.8 Å². The molecule has 0 bridgehead atoms. The van der Waals surface area contributed by atoms with Gasteiger partial charge in [-0.15, -0.1) is 0 Å². The average Bonchev–Trinajstić information content (AvgIpc) is 3.28. The van der Waals surface area contributed by atoms with Crippen LogP contribution in [0.5, 0.6) is 5.75 Å². The Labute approximate surface area is 203 Å². The van der Waals surface area contributed by atoms with Crippen LogP contribution in [0.2, 0.25) is 0 Å². The van der Waals surface area contributed by atoms with Gasteiger partial charge >= 0.3 is 6.18 Å². The Morgan fingerprint density at radius 1 is 1.14 bits per heavy atom. The number of halogens is 3. The van der Waals surface area contributed by atoms with Crippen LogP contribution >= 0.6 is 0 Å². The predicted molar refractivity (Wildman–Crippen MR) is 129 cm³/mol. The standard InChI is InChI=1S/C26H31F3N4O2/c1-6-8-9-13-32(18(4)17(3)7-2)25(34)21-16-30-33-23(26(27,28)29)15-22(31-24(21)33)19-11-10-12-20(14-19)35-5/h10-12,14-16H,6-9,13H2,1-5H3/b18-17+. The summed E-state index contributed by atoms with van der Waals surface area (Å²) in [5.41, 5.74) is 1.24. The first-order valence-electron chi connectivity index (χ1n) is 11.7. The monoisotopic (exact) mass is 488 g/mol. The van der Waals surface area contributed by atoms with E-state index >= 15 is 0 Å². The van der Waals surface area contributed by atoms with Crippen molar-refractivity contribution in [3.05, 3.63) is 59.1 Å². The number of hydrogen-bond donors (Lipinski definition) is 0. The molecule has 2 heterocycles. The Kier molecular flexibility index (Phi) is 8.19. The summed E-state index contributed by atoms with van der Waals surface area (Å²) >= 11 is 0. The maximum absolute atomic E-state index is 14.0. The SMILES string of the molecule is CCCCCN(C(=O)c1cnn2c(C(F)(F)F)cc(-c3cccc(OC)c3)nc12)/C(C)=C(\C)CC. The van der Waals surface area contributed by atoms with Gasteiger partial charge in [-0.3, -0.25) is 4.79 Å². The number of unbranched alkanes of at least 4 members (excludes halogenated alkanes) is 2. The lowest BCUT2D eigenvalue weighted by Gasteiger charge is -2.25. The number of benzene rings is 1. The lowest BCUT2D eigenvalue weighted by Crippen LogP contribution is -2.31. The molecule has 9 heteroatoms. The molecule has 3 rings (SSSR count). The molecule has 0 fully saturated rings. The largest absolute Gasteiger partial charge is 0.497 e. The number of carbonyl (C=O) groups excluding carboxylic acids is 1. The minimum absolute atomic E-state index is 0.0278. The Balaban J connectivity index is 2.20. The van der Waals surface area contributed by atoms with Gasteiger partial charge < -0.3 is 9.64 Å². The molecule has 1 amide bonds. The molecule has 0 N–H and O–H groups in total. The highest BCUT2D eigenvalue weighted by atomic mass is 19.4. The summed E-state index contributed by atoms with van der Waals surface area (Å²) in [5.74, 6) is 0.0743. The zero-order valence-corrected chi connectivity index (χ0v) is 20.7. The molecule has 0 aliphatic carbocycles. The number of fused-ring (bicyclic) bond motifs is 1. The van der Waals surface area contributed by atoms with Gasteiger partial charge in [0.2, 0.25) is 0 Å². The zero-order valence-electron chi connectivity index (χ0n) is 20.7. The topological polar surface area (TPSA) is 59.7 Å². The maximum atomic E-state index is 14.0. The van der Waals surface area contributed by atoms with Gasteiger partial charge in [0, 0.05) is 17.8 Å². The molecule has 3 aromatic rings. The third-order valence-electron chi connectivity index (χ3n) is 6.14. The second-order valence-corrected chi connectivity index (χ2v) is 8.43. The van der Waals surface area contributed by atoms with Crippen molar-refractivity contribution in [1.29, 1.82) is 0 Å². The van der Waals surface area contributed by atoms with E-state index in [1.807, 2.05) is 20.8 Å². The van der Waals surface area contributed by atoms with Gasteiger partial charge in [-0.2, -0.15) is 18.3 Å². The maximum Gasteiger partial charge on any atom is 0.433 e. The van der Waals surface area contributed by atoms with E-state index in [0.717, 1.165) is 43.0 Å². The number of nitrogens with zero attached hydrogens (tertiary/aromatic N) is 4. The van der Waals surface area contributed by atoms with Gasteiger partial charge in [0.15, 0.2) is 11.3 Å². The van der Waals surface area contributed by atoms with E-state index in [0.29, 0.717) is 22.4 Å². The first-order chi connectivity index (χ1) is 16.6. The molecule has 0 unspecified atom stereocenters. The summed E-state index contributed by atoms with van der Waals surface area (Å²) in [6.07, 6.45) is -0.0595. The number of amides is 1. The summed E-state index contributed by atoms with van der Waals surface area (Å²) in [6.45, 7) is 8.35. The molecule has 1 aromatic carbocycles. The lowest BCUT2D eigenvalue weighted by atomic mass is 10.1. The summed E-state index contributed by atoms with van der Waals surface area (Å²) in [7, 11) is 1.48. The minimum atomic E-state index is -4.70. The fraction of sp³-hybridized carbons (Fsp3) is 0.423. The van der Waals surface area contributed by atoms with Crippen LogP contribution in [-0.2, 0) is 6.18 Å². The molecular formula is C26H31F3N4O2. The number of hydrogen-bond acceptors (Lipinski definition) is 4. The van der Waals surface area contributed by atoms with Gasteiger partial charge in [-0.1, -0.05) is 44.4 Å². The third kappa shape index (κ3) is 5.66. The van der Waals surface area contributed by atoms with Crippen molar-refractivity contribution in [2.75, 3.05) is 13.7 Å². The second kappa shape index (κ2) is 10.9. The highest BCUT2D eigenvalue weighted by molar-refractivity contribution is 6.00. The van der Waals surface area contributed by atoms with Crippen molar-refractivity contribution in [3.63, 3.8) is 0 Å². The quantitative estimate of drug-likeness (QED) is 0.312. The molecule has 0 saturated carbocycles. The molecule has 0 spiro atoms. The third-order valence-corrected chi connectivity index (χ3v) is 6.14. The molecule has 0 aliphatic rings. The second-order valence-electron chi connectivity index (χ2n) is 8.43. The smallest absolute Gasteiger partial charge is 0.433 e. The number of alkyl halides is 3. The molecule has 0 atom stereocenters. The van der Waals surface area contributed by atoms with Crippen molar-refractivity contribution < 1.29 is 22.7 Å². The zero-order chi connectivity index (χ0) is 25.8. The molecular weight excluding hydrogens is 457 g/mol. The van der Waals surface area contributed by atoms with Gasteiger partial charge in [0.05, 0.1) is 19.0 Å². The van der Waals surface area contributed by atoms with Crippen LogP contribution in [0, 0.1) is 0 Å². The van der Waals surface area contributed by atoms with Crippen LogP contribution < -0.4 is 4.74 Å². The highest BCUT2D eigenvalue weighted by Crippen LogP contribution is 2.34. The molecule has 6 nitrogen and oxygen atoms in total. The van der Waals surface area contributed by atoms with Gasteiger partial charge in [0.1, 0.15) is 11.3 Å². The Morgan fingerprint density at radius 3 is 2.51 bits per heavy atom. The molecule has 0 aliphatic heterocycles.